The number of hydrogen-bond donors (Lipinski definition) is 1. The maximum Gasteiger partial charge on any atom is 0.225 e. The summed E-state index contributed by atoms with van der Waals surface area (Å²) >= 11 is 1.53. The quantitative estimate of drug-likeness (QED) is 0.686. The lowest BCUT2D eigenvalue weighted by molar-refractivity contribution is -0.116. The van der Waals surface area contributed by atoms with Gasteiger partial charge in [0.05, 0.1) is 19.9 Å². The van der Waals surface area contributed by atoms with Crippen LogP contribution < -0.4 is 14.8 Å². The SMILES string of the molecule is COc1ccc([C@H]2CC(=O)Nc3c(-c4ccccc4F)csc32)cc1OC. The van der Waals surface area contributed by atoms with Crippen LogP contribution in [0, 0.1) is 5.82 Å². The summed E-state index contributed by atoms with van der Waals surface area (Å²) in [7, 11) is 3.17. The molecule has 3 aromatic rings. The number of carbonyl (C=O) groups is 1. The number of hydrogen-bond acceptors (Lipinski definition) is 4. The number of anilines is 1. The molecule has 0 bridgehead atoms. The molecule has 0 fully saturated rings. The Balaban J connectivity index is 1.81. The molecule has 2 heterocycles. The standard InChI is InChI=1S/C21H18FNO3S/c1-25-17-8-7-12(9-18(17)26-2)14-10-19(24)23-20-15(11-27-21(14)20)13-5-3-4-6-16(13)22/h3-9,11,14H,10H2,1-2H3,(H,23,24)/t14-/m1/s1. The van der Waals surface area contributed by atoms with Crippen molar-refractivity contribution in [2.24, 2.45) is 0 Å². The molecule has 0 saturated heterocycles. The van der Waals surface area contributed by atoms with Gasteiger partial charge in [0.1, 0.15) is 5.82 Å². The van der Waals surface area contributed by atoms with Crippen molar-refractivity contribution in [3.63, 3.8) is 0 Å². The highest BCUT2D eigenvalue weighted by atomic mass is 32.1. The Labute approximate surface area is 160 Å². The number of benzene rings is 2. The Morgan fingerprint density at radius 1 is 1.07 bits per heavy atom. The first kappa shape index (κ1) is 17.5. The highest BCUT2D eigenvalue weighted by Gasteiger charge is 2.31. The van der Waals surface area contributed by atoms with Crippen LogP contribution in [0.1, 0.15) is 22.8 Å². The van der Waals surface area contributed by atoms with Crippen LogP contribution in [-0.4, -0.2) is 20.1 Å². The molecule has 6 heteroatoms. The van der Waals surface area contributed by atoms with Crippen LogP contribution in [-0.2, 0) is 4.79 Å². The van der Waals surface area contributed by atoms with Crippen LogP contribution in [0.15, 0.2) is 47.8 Å². The van der Waals surface area contributed by atoms with Crippen molar-refractivity contribution in [3.8, 4) is 22.6 Å². The minimum Gasteiger partial charge on any atom is -0.493 e. The van der Waals surface area contributed by atoms with E-state index in [2.05, 4.69) is 5.32 Å². The second-order valence-electron chi connectivity index (χ2n) is 6.29. The van der Waals surface area contributed by atoms with Gasteiger partial charge in [-0.3, -0.25) is 4.79 Å². The van der Waals surface area contributed by atoms with E-state index in [4.69, 9.17) is 9.47 Å². The summed E-state index contributed by atoms with van der Waals surface area (Å²) in [6, 6.07) is 12.3. The van der Waals surface area contributed by atoms with E-state index in [0.717, 1.165) is 10.4 Å². The van der Waals surface area contributed by atoms with Gasteiger partial charge in [-0.25, -0.2) is 4.39 Å². The number of methoxy groups -OCH3 is 2. The predicted molar refractivity (Wildman–Crippen MR) is 104 cm³/mol. The van der Waals surface area contributed by atoms with Gasteiger partial charge in [-0.05, 0) is 23.8 Å². The first-order valence-electron chi connectivity index (χ1n) is 8.50. The van der Waals surface area contributed by atoms with Crippen molar-refractivity contribution >= 4 is 22.9 Å². The maximum absolute atomic E-state index is 14.3. The molecule has 1 aliphatic rings. The van der Waals surface area contributed by atoms with E-state index in [-0.39, 0.29) is 17.6 Å². The van der Waals surface area contributed by atoms with Gasteiger partial charge >= 0.3 is 0 Å². The Kier molecular flexibility index (Phi) is 4.58. The molecule has 2 aromatic carbocycles. The average molecular weight is 383 g/mol. The third-order valence-electron chi connectivity index (χ3n) is 4.76. The molecule has 1 amide bonds. The number of ether oxygens (including phenoxy) is 2. The summed E-state index contributed by atoms with van der Waals surface area (Å²) in [5, 5.41) is 4.84. The van der Waals surface area contributed by atoms with E-state index >= 15 is 0 Å². The van der Waals surface area contributed by atoms with Crippen LogP contribution in [0.2, 0.25) is 0 Å². The third-order valence-corrected chi connectivity index (χ3v) is 5.86. The molecular formula is C21H18FNO3S. The molecule has 4 nitrogen and oxygen atoms in total. The predicted octanol–water partition coefficient (Wildman–Crippen LogP) is 5.05. The molecular weight excluding hydrogens is 365 g/mol. The summed E-state index contributed by atoms with van der Waals surface area (Å²) in [5.74, 6) is 0.756. The van der Waals surface area contributed by atoms with Gasteiger partial charge in [0, 0.05) is 33.7 Å². The Hall–Kier alpha value is -2.86. The largest absolute Gasteiger partial charge is 0.493 e. The van der Waals surface area contributed by atoms with E-state index in [1.54, 1.807) is 32.4 Å². The Morgan fingerprint density at radius 2 is 1.85 bits per heavy atom. The zero-order chi connectivity index (χ0) is 19.0. The number of amides is 1. The van der Waals surface area contributed by atoms with Gasteiger partial charge in [-0.2, -0.15) is 0 Å². The van der Waals surface area contributed by atoms with Crippen LogP contribution in [0.3, 0.4) is 0 Å². The highest BCUT2D eigenvalue weighted by Crippen LogP contribution is 2.47. The van der Waals surface area contributed by atoms with E-state index in [1.807, 2.05) is 23.6 Å². The summed E-state index contributed by atoms with van der Waals surface area (Å²) < 4.78 is 25.0. The normalized spacial score (nSPS) is 15.8. The number of thiophene rings is 1. The fourth-order valence-corrected chi connectivity index (χ4v) is 4.60. The lowest BCUT2D eigenvalue weighted by Crippen LogP contribution is -2.22. The van der Waals surface area contributed by atoms with Gasteiger partial charge in [0.25, 0.3) is 0 Å². The van der Waals surface area contributed by atoms with Gasteiger partial charge in [0.2, 0.25) is 5.91 Å². The van der Waals surface area contributed by atoms with Crippen molar-refractivity contribution in [3.05, 3.63) is 64.1 Å². The van der Waals surface area contributed by atoms with Crippen molar-refractivity contribution in [1.82, 2.24) is 0 Å². The van der Waals surface area contributed by atoms with Crippen LogP contribution in [0.4, 0.5) is 10.1 Å². The summed E-state index contributed by atoms with van der Waals surface area (Å²) in [6.45, 7) is 0. The first-order valence-corrected chi connectivity index (χ1v) is 9.38. The minimum atomic E-state index is -0.305. The zero-order valence-electron chi connectivity index (χ0n) is 14.9. The fraction of sp³-hybridized carbons (Fsp3) is 0.190. The van der Waals surface area contributed by atoms with Crippen LogP contribution in [0.5, 0.6) is 11.5 Å². The van der Waals surface area contributed by atoms with Crippen molar-refractivity contribution in [1.29, 1.82) is 0 Å². The smallest absolute Gasteiger partial charge is 0.225 e. The molecule has 1 aliphatic heterocycles. The number of nitrogens with one attached hydrogen (secondary N) is 1. The fourth-order valence-electron chi connectivity index (χ4n) is 3.44. The monoisotopic (exact) mass is 383 g/mol. The number of fused-ring (bicyclic) bond motifs is 1. The third kappa shape index (κ3) is 3.06. The first-order chi connectivity index (χ1) is 13.1. The molecule has 4 rings (SSSR count). The molecule has 27 heavy (non-hydrogen) atoms. The summed E-state index contributed by atoms with van der Waals surface area (Å²) in [5.41, 5.74) is 2.86. The zero-order valence-corrected chi connectivity index (χ0v) is 15.7. The second kappa shape index (κ2) is 7.04. The maximum atomic E-state index is 14.3. The number of rotatable bonds is 4. The van der Waals surface area contributed by atoms with Crippen molar-refractivity contribution in [2.75, 3.05) is 19.5 Å². The van der Waals surface area contributed by atoms with Gasteiger partial charge in [0.15, 0.2) is 11.5 Å². The molecule has 0 unspecified atom stereocenters. The topological polar surface area (TPSA) is 47.6 Å². The number of halogens is 1. The molecule has 1 atom stereocenters. The van der Waals surface area contributed by atoms with E-state index in [9.17, 15) is 9.18 Å². The molecule has 1 N–H and O–H groups in total. The summed E-state index contributed by atoms with van der Waals surface area (Å²) in [6.07, 6.45) is 0.333. The molecule has 138 valence electrons. The number of carbonyl (C=O) groups excluding carboxylic acids is 1. The van der Waals surface area contributed by atoms with Crippen molar-refractivity contribution < 1.29 is 18.7 Å². The van der Waals surface area contributed by atoms with Crippen LogP contribution >= 0.6 is 11.3 Å². The molecule has 0 radical (unpaired) electrons. The molecule has 1 aromatic heterocycles. The lowest BCUT2D eigenvalue weighted by Gasteiger charge is -2.24. The van der Waals surface area contributed by atoms with Gasteiger partial charge in [-0.1, -0.05) is 24.3 Å². The lowest BCUT2D eigenvalue weighted by atomic mass is 9.89. The van der Waals surface area contributed by atoms with E-state index < -0.39 is 0 Å². The highest BCUT2D eigenvalue weighted by molar-refractivity contribution is 7.11. The van der Waals surface area contributed by atoms with Crippen molar-refractivity contribution in [2.45, 2.75) is 12.3 Å². The van der Waals surface area contributed by atoms with Gasteiger partial charge < -0.3 is 14.8 Å². The molecule has 0 aliphatic carbocycles. The molecule has 0 saturated carbocycles. The second-order valence-corrected chi connectivity index (χ2v) is 7.20. The Bertz CT molecular complexity index is 1010. The van der Waals surface area contributed by atoms with E-state index in [1.165, 1.54) is 17.4 Å². The van der Waals surface area contributed by atoms with Crippen LogP contribution in [0.25, 0.3) is 11.1 Å². The summed E-state index contributed by atoms with van der Waals surface area (Å²) in [4.78, 5) is 13.4. The Morgan fingerprint density at radius 3 is 2.59 bits per heavy atom. The van der Waals surface area contributed by atoms with E-state index in [0.29, 0.717) is 34.7 Å². The van der Waals surface area contributed by atoms with Gasteiger partial charge in [-0.15, -0.1) is 11.3 Å². The minimum absolute atomic E-state index is 0.0849. The average Bonchev–Trinajstić information content (AvgIpc) is 3.10. The molecule has 0 spiro atoms.